The van der Waals surface area contributed by atoms with Crippen LogP contribution in [0.4, 0.5) is 0 Å². The van der Waals surface area contributed by atoms with E-state index in [9.17, 15) is 18.0 Å². The van der Waals surface area contributed by atoms with Gasteiger partial charge in [-0.2, -0.15) is 0 Å². The standard InChI is InChI=1S/C19H28N2O4S/c1-15(2)3-7-21-14-19(12-18(21)23)5-8-20(9-6-19)17(22)11-16-4-10-26(24,25)13-16/h3-4,10,16H,5-9,11-14H2,1-2H3. The zero-order valence-electron chi connectivity index (χ0n) is 15.6. The summed E-state index contributed by atoms with van der Waals surface area (Å²) in [5.74, 6) is 0.0848. The first-order chi connectivity index (χ1) is 12.2. The number of sulfone groups is 1. The summed E-state index contributed by atoms with van der Waals surface area (Å²) in [6.07, 6.45) is 6.24. The normalized spacial score (nSPS) is 26.5. The molecular weight excluding hydrogens is 352 g/mol. The summed E-state index contributed by atoms with van der Waals surface area (Å²) >= 11 is 0. The van der Waals surface area contributed by atoms with Crippen LogP contribution in [0, 0.1) is 11.3 Å². The number of hydrogen-bond acceptors (Lipinski definition) is 4. The number of allylic oxidation sites excluding steroid dienone is 2. The Morgan fingerprint density at radius 2 is 2.00 bits per heavy atom. The molecule has 3 aliphatic rings. The molecule has 0 aliphatic carbocycles. The van der Waals surface area contributed by atoms with Crippen molar-refractivity contribution in [1.82, 2.24) is 9.80 Å². The largest absolute Gasteiger partial charge is 0.343 e. The lowest BCUT2D eigenvalue weighted by Crippen LogP contribution is -2.44. The second-order valence-electron chi connectivity index (χ2n) is 8.24. The van der Waals surface area contributed by atoms with E-state index in [1.54, 1.807) is 6.08 Å². The lowest BCUT2D eigenvalue weighted by molar-refractivity contribution is -0.134. The van der Waals surface area contributed by atoms with Crippen LogP contribution in [0.25, 0.3) is 0 Å². The maximum Gasteiger partial charge on any atom is 0.223 e. The van der Waals surface area contributed by atoms with Gasteiger partial charge in [-0.15, -0.1) is 0 Å². The van der Waals surface area contributed by atoms with Crippen LogP contribution in [0.5, 0.6) is 0 Å². The summed E-state index contributed by atoms with van der Waals surface area (Å²) in [6.45, 7) is 6.84. The summed E-state index contributed by atoms with van der Waals surface area (Å²) in [6, 6.07) is 0. The zero-order valence-corrected chi connectivity index (χ0v) is 16.4. The van der Waals surface area contributed by atoms with E-state index in [-0.39, 0.29) is 35.3 Å². The molecule has 26 heavy (non-hydrogen) atoms. The fourth-order valence-electron chi connectivity index (χ4n) is 4.13. The topological polar surface area (TPSA) is 74.8 Å². The highest BCUT2D eigenvalue weighted by molar-refractivity contribution is 7.94. The Kier molecular flexibility index (Phi) is 5.28. The molecule has 2 fully saturated rings. The molecule has 144 valence electrons. The predicted octanol–water partition coefficient (Wildman–Crippen LogP) is 1.74. The molecule has 2 amide bonds. The van der Waals surface area contributed by atoms with Crippen molar-refractivity contribution < 1.29 is 18.0 Å². The number of rotatable bonds is 4. The van der Waals surface area contributed by atoms with Gasteiger partial charge >= 0.3 is 0 Å². The molecule has 0 aromatic carbocycles. The Balaban J connectivity index is 1.51. The predicted molar refractivity (Wildman–Crippen MR) is 99.9 cm³/mol. The third-order valence-corrected chi connectivity index (χ3v) is 7.21. The molecule has 0 N–H and O–H groups in total. The van der Waals surface area contributed by atoms with Gasteiger partial charge in [-0.05, 0) is 26.7 Å². The zero-order chi connectivity index (χ0) is 18.9. The minimum absolute atomic E-state index is 0.0000496. The quantitative estimate of drug-likeness (QED) is 0.697. The monoisotopic (exact) mass is 380 g/mol. The lowest BCUT2D eigenvalue weighted by Gasteiger charge is -2.39. The van der Waals surface area contributed by atoms with Crippen molar-refractivity contribution in [2.75, 3.05) is 31.9 Å². The van der Waals surface area contributed by atoms with Crippen LogP contribution < -0.4 is 0 Å². The number of likely N-dealkylation sites (tertiary alicyclic amines) is 2. The van der Waals surface area contributed by atoms with Gasteiger partial charge in [-0.3, -0.25) is 9.59 Å². The highest BCUT2D eigenvalue weighted by Crippen LogP contribution is 2.41. The molecular formula is C19H28N2O4S. The van der Waals surface area contributed by atoms with Gasteiger partial charge in [0.1, 0.15) is 0 Å². The third-order valence-electron chi connectivity index (χ3n) is 5.74. The summed E-state index contributed by atoms with van der Waals surface area (Å²) in [7, 11) is -3.11. The Hall–Kier alpha value is -1.63. The first kappa shape index (κ1) is 19.1. The first-order valence-electron chi connectivity index (χ1n) is 9.28. The third kappa shape index (κ3) is 4.37. The van der Waals surface area contributed by atoms with Crippen LogP contribution in [-0.4, -0.2) is 62.0 Å². The molecule has 3 heterocycles. The maximum atomic E-state index is 12.5. The van der Waals surface area contributed by atoms with Crippen molar-refractivity contribution in [3.8, 4) is 0 Å². The van der Waals surface area contributed by atoms with Gasteiger partial charge in [0.05, 0.1) is 5.75 Å². The van der Waals surface area contributed by atoms with E-state index < -0.39 is 9.84 Å². The minimum atomic E-state index is -3.11. The first-order valence-corrected chi connectivity index (χ1v) is 11.0. The maximum absolute atomic E-state index is 12.5. The molecule has 0 saturated carbocycles. The van der Waals surface area contributed by atoms with Crippen LogP contribution in [0.15, 0.2) is 23.1 Å². The molecule has 3 aliphatic heterocycles. The van der Waals surface area contributed by atoms with Crippen molar-refractivity contribution >= 4 is 21.7 Å². The van der Waals surface area contributed by atoms with Gasteiger partial charge in [0.25, 0.3) is 0 Å². The van der Waals surface area contributed by atoms with Crippen LogP contribution >= 0.6 is 0 Å². The van der Waals surface area contributed by atoms with E-state index in [1.165, 1.54) is 11.0 Å². The van der Waals surface area contributed by atoms with Crippen LogP contribution in [0.3, 0.4) is 0 Å². The van der Waals surface area contributed by atoms with Crippen molar-refractivity contribution in [2.24, 2.45) is 11.3 Å². The molecule has 1 unspecified atom stereocenters. The molecule has 7 heteroatoms. The summed E-state index contributed by atoms with van der Waals surface area (Å²) in [4.78, 5) is 28.6. The smallest absolute Gasteiger partial charge is 0.223 e. The van der Waals surface area contributed by atoms with Gasteiger partial charge in [0.15, 0.2) is 9.84 Å². The number of carbonyl (C=O) groups excluding carboxylic acids is 2. The van der Waals surface area contributed by atoms with Crippen molar-refractivity contribution in [1.29, 1.82) is 0 Å². The Morgan fingerprint density at radius 3 is 2.58 bits per heavy atom. The lowest BCUT2D eigenvalue weighted by atomic mass is 9.77. The molecule has 0 aromatic heterocycles. The number of amides is 2. The fraction of sp³-hybridized carbons (Fsp3) is 0.684. The number of hydrogen-bond donors (Lipinski definition) is 0. The molecule has 3 rings (SSSR count). The van der Waals surface area contributed by atoms with Crippen molar-refractivity contribution in [2.45, 2.75) is 39.5 Å². The fourth-order valence-corrected chi connectivity index (χ4v) is 5.53. The van der Waals surface area contributed by atoms with Gasteiger partial charge in [0, 0.05) is 55.8 Å². The highest BCUT2D eigenvalue weighted by Gasteiger charge is 2.45. The minimum Gasteiger partial charge on any atom is -0.343 e. The van der Waals surface area contributed by atoms with Crippen LogP contribution in [-0.2, 0) is 19.4 Å². The number of nitrogens with zero attached hydrogens (tertiary/aromatic N) is 2. The van der Waals surface area contributed by atoms with Crippen LogP contribution in [0.2, 0.25) is 0 Å². The van der Waals surface area contributed by atoms with E-state index in [2.05, 4.69) is 6.08 Å². The molecule has 1 spiro atoms. The molecule has 1 atom stereocenters. The second-order valence-corrected chi connectivity index (χ2v) is 10.2. The van der Waals surface area contributed by atoms with Gasteiger partial charge < -0.3 is 9.80 Å². The molecule has 6 nitrogen and oxygen atoms in total. The van der Waals surface area contributed by atoms with Crippen molar-refractivity contribution in [3.63, 3.8) is 0 Å². The van der Waals surface area contributed by atoms with E-state index >= 15 is 0 Å². The summed E-state index contributed by atoms with van der Waals surface area (Å²) < 4.78 is 22.9. The van der Waals surface area contributed by atoms with E-state index in [0.717, 1.165) is 19.4 Å². The average Bonchev–Trinajstić information content (AvgIpc) is 3.05. The van der Waals surface area contributed by atoms with E-state index in [1.807, 2.05) is 23.6 Å². The Morgan fingerprint density at radius 1 is 1.31 bits per heavy atom. The molecule has 0 radical (unpaired) electrons. The average molecular weight is 381 g/mol. The number of piperidine rings is 1. The molecule has 0 bridgehead atoms. The molecule has 0 aromatic rings. The van der Waals surface area contributed by atoms with E-state index in [0.29, 0.717) is 26.1 Å². The summed E-state index contributed by atoms with van der Waals surface area (Å²) in [5, 5.41) is 1.22. The SMILES string of the molecule is CC(C)=CCN1CC2(CCN(C(=O)CC3C=CS(=O)(=O)C3)CC2)CC1=O. The van der Waals surface area contributed by atoms with Crippen molar-refractivity contribution in [3.05, 3.63) is 23.1 Å². The summed E-state index contributed by atoms with van der Waals surface area (Å²) in [5.41, 5.74) is 1.21. The van der Waals surface area contributed by atoms with Crippen LogP contribution in [0.1, 0.15) is 39.5 Å². The van der Waals surface area contributed by atoms with Gasteiger partial charge in [-0.1, -0.05) is 17.7 Å². The molecule has 2 saturated heterocycles. The van der Waals surface area contributed by atoms with E-state index in [4.69, 9.17) is 0 Å². The van der Waals surface area contributed by atoms with Gasteiger partial charge in [0.2, 0.25) is 11.8 Å². The highest BCUT2D eigenvalue weighted by atomic mass is 32.2. The second kappa shape index (κ2) is 7.18. The Labute approximate surface area is 155 Å². The van der Waals surface area contributed by atoms with Gasteiger partial charge in [-0.25, -0.2) is 8.42 Å². The number of carbonyl (C=O) groups is 2. The Bertz CT molecular complexity index is 742.